The lowest BCUT2D eigenvalue weighted by atomic mass is 9.92. The molecule has 1 amide bonds. The van der Waals surface area contributed by atoms with Crippen molar-refractivity contribution in [2.75, 3.05) is 30.5 Å². The van der Waals surface area contributed by atoms with Gasteiger partial charge in [-0.3, -0.25) is 14.5 Å². The molecule has 1 fully saturated rings. The summed E-state index contributed by atoms with van der Waals surface area (Å²) in [5.74, 6) is -1.04. The van der Waals surface area contributed by atoms with Gasteiger partial charge in [0.05, 0.1) is 18.2 Å². The van der Waals surface area contributed by atoms with Crippen LogP contribution in [0.15, 0.2) is 78.4 Å². The zero-order valence-corrected chi connectivity index (χ0v) is 19.8. The van der Waals surface area contributed by atoms with Crippen molar-refractivity contribution in [3.63, 3.8) is 0 Å². The number of aryl methyl sites for hydroxylation is 1. The quantitative estimate of drug-likeness (QED) is 0.318. The second-order valence-corrected chi connectivity index (χ2v) is 8.40. The number of anilines is 2. The van der Waals surface area contributed by atoms with Gasteiger partial charge in [0.1, 0.15) is 11.5 Å². The van der Waals surface area contributed by atoms with Crippen LogP contribution in [0.2, 0.25) is 0 Å². The summed E-state index contributed by atoms with van der Waals surface area (Å²) >= 11 is 0. The fourth-order valence-electron chi connectivity index (χ4n) is 4.25. The van der Waals surface area contributed by atoms with Crippen molar-refractivity contribution in [1.82, 2.24) is 0 Å². The third-order valence-corrected chi connectivity index (χ3v) is 5.99. The van der Waals surface area contributed by atoms with E-state index in [2.05, 4.69) is 0 Å². The van der Waals surface area contributed by atoms with Gasteiger partial charge in [-0.25, -0.2) is 0 Å². The van der Waals surface area contributed by atoms with Gasteiger partial charge in [0.25, 0.3) is 11.7 Å². The van der Waals surface area contributed by atoms with Gasteiger partial charge in [0, 0.05) is 31.0 Å². The van der Waals surface area contributed by atoms with E-state index in [1.807, 2.05) is 81.4 Å². The molecular weight excluding hydrogens is 428 g/mol. The highest BCUT2D eigenvalue weighted by atomic mass is 16.5. The molecular formula is C28H28N2O4. The Morgan fingerprint density at radius 1 is 1.00 bits per heavy atom. The lowest BCUT2D eigenvalue weighted by Gasteiger charge is -2.27. The molecule has 0 spiro atoms. The van der Waals surface area contributed by atoms with E-state index in [9.17, 15) is 14.7 Å². The average Bonchev–Trinajstić information content (AvgIpc) is 3.09. The van der Waals surface area contributed by atoms with E-state index in [4.69, 9.17) is 4.74 Å². The van der Waals surface area contributed by atoms with Crippen LogP contribution in [0.4, 0.5) is 11.4 Å². The van der Waals surface area contributed by atoms with Gasteiger partial charge < -0.3 is 14.7 Å². The van der Waals surface area contributed by atoms with Gasteiger partial charge in [0.2, 0.25) is 0 Å². The molecule has 0 aromatic heterocycles. The molecule has 1 saturated heterocycles. The Balaban J connectivity index is 1.91. The third-order valence-electron chi connectivity index (χ3n) is 5.99. The van der Waals surface area contributed by atoms with Gasteiger partial charge in [-0.15, -0.1) is 0 Å². The maximum absolute atomic E-state index is 13.3. The SMILES string of the molecule is CCOc1cccc(/C(O)=C2\C(=O)C(=O)N(c3ccc(N(C)C)cc3)C2c2ccccc2C)c1. The van der Waals surface area contributed by atoms with Crippen LogP contribution in [0.1, 0.15) is 29.7 Å². The fraction of sp³-hybridized carbons (Fsp3) is 0.214. The Hall–Kier alpha value is -4.06. The first-order chi connectivity index (χ1) is 16.3. The molecule has 1 atom stereocenters. The number of hydrogen-bond acceptors (Lipinski definition) is 5. The van der Waals surface area contributed by atoms with E-state index in [1.54, 1.807) is 24.3 Å². The highest BCUT2D eigenvalue weighted by Gasteiger charge is 2.47. The minimum absolute atomic E-state index is 0.0598. The monoisotopic (exact) mass is 456 g/mol. The number of Topliss-reactive ketones (excluding diaryl/α,β-unsaturated/α-hetero) is 1. The van der Waals surface area contributed by atoms with E-state index >= 15 is 0 Å². The highest BCUT2D eigenvalue weighted by Crippen LogP contribution is 2.43. The summed E-state index contributed by atoms with van der Waals surface area (Å²) in [6, 6.07) is 21.2. The number of nitrogens with zero attached hydrogens (tertiary/aromatic N) is 2. The maximum atomic E-state index is 13.3. The van der Waals surface area contributed by atoms with Crippen LogP contribution in [0.25, 0.3) is 5.76 Å². The molecule has 0 aliphatic carbocycles. The molecule has 1 heterocycles. The number of carbonyl (C=O) groups is 2. The maximum Gasteiger partial charge on any atom is 0.300 e. The van der Waals surface area contributed by atoms with Crippen LogP contribution in [0, 0.1) is 6.92 Å². The normalized spacial score (nSPS) is 17.2. The highest BCUT2D eigenvalue weighted by molar-refractivity contribution is 6.51. The summed E-state index contributed by atoms with van der Waals surface area (Å²) in [5, 5.41) is 11.3. The molecule has 174 valence electrons. The van der Waals surface area contributed by atoms with Gasteiger partial charge in [-0.05, 0) is 61.4 Å². The zero-order valence-electron chi connectivity index (χ0n) is 19.8. The lowest BCUT2D eigenvalue weighted by molar-refractivity contribution is -0.132. The summed E-state index contributed by atoms with van der Waals surface area (Å²) in [5.41, 5.74) is 3.73. The van der Waals surface area contributed by atoms with E-state index < -0.39 is 17.7 Å². The van der Waals surface area contributed by atoms with Crippen molar-refractivity contribution >= 4 is 28.8 Å². The topological polar surface area (TPSA) is 70.1 Å². The van der Waals surface area contributed by atoms with E-state index in [1.165, 1.54) is 4.90 Å². The standard InChI is InChI=1S/C28H28N2O4/c1-5-34-22-11-8-10-19(17-22)26(31)24-25(23-12-7-6-9-18(23)2)30(28(33)27(24)32)21-15-13-20(14-16-21)29(3)4/h6-17,25,31H,5H2,1-4H3/b26-24+. The van der Waals surface area contributed by atoms with Crippen LogP contribution in [0.3, 0.4) is 0 Å². The van der Waals surface area contributed by atoms with Crippen molar-refractivity contribution in [1.29, 1.82) is 0 Å². The molecule has 1 N–H and O–H groups in total. The summed E-state index contributed by atoms with van der Waals surface area (Å²) < 4.78 is 5.56. The molecule has 3 aromatic rings. The second kappa shape index (κ2) is 9.43. The van der Waals surface area contributed by atoms with Crippen molar-refractivity contribution in [3.05, 3.63) is 95.1 Å². The predicted molar refractivity (Wildman–Crippen MR) is 134 cm³/mol. The van der Waals surface area contributed by atoms with E-state index in [0.717, 1.165) is 16.8 Å². The molecule has 1 aliphatic heterocycles. The smallest absolute Gasteiger partial charge is 0.300 e. The molecule has 0 bridgehead atoms. The molecule has 6 heteroatoms. The number of rotatable bonds is 6. The predicted octanol–water partition coefficient (Wildman–Crippen LogP) is 5.09. The van der Waals surface area contributed by atoms with Crippen LogP contribution < -0.4 is 14.5 Å². The number of ether oxygens (including phenoxy) is 1. The molecule has 6 nitrogen and oxygen atoms in total. The van der Waals surface area contributed by atoms with Crippen LogP contribution in [0.5, 0.6) is 5.75 Å². The first kappa shape index (κ1) is 23.1. The minimum atomic E-state index is -0.762. The van der Waals surface area contributed by atoms with Crippen LogP contribution in [-0.4, -0.2) is 37.5 Å². The van der Waals surface area contributed by atoms with Crippen molar-refractivity contribution in [3.8, 4) is 5.75 Å². The summed E-state index contributed by atoms with van der Waals surface area (Å²) in [4.78, 5) is 30.1. The Morgan fingerprint density at radius 3 is 2.35 bits per heavy atom. The lowest BCUT2D eigenvalue weighted by Crippen LogP contribution is -2.29. The Bertz CT molecular complexity index is 1260. The summed E-state index contributed by atoms with van der Waals surface area (Å²) in [6.07, 6.45) is 0. The van der Waals surface area contributed by atoms with E-state index in [0.29, 0.717) is 23.6 Å². The molecule has 1 unspecified atom stereocenters. The third kappa shape index (κ3) is 4.15. The second-order valence-electron chi connectivity index (χ2n) is 8.40. The molecule has 34 heavy (non-hydrogen) atoms. The number of amides is 1. The first-order valence-electron chi connectivity index (χ1n) is 11.2. The Morgan fingerprint density at radius 2 is 1.71 bits per heavy atom. The van der Waals surface area contributed by atoms with Crippen molar-refractivity contribution < 1.29 is 19.4 Å². The van der Waals surface area contributed by atoms with Gasteiger partial charge in [-0.1, -0.05) is 36.4 Å². The number of hydrogen-bond donors (Lipinski definition) is 1. The van der Waals surface area contributed by atoms with Crippen LogP contribution >= 0.6 is 0 Å². The first-order valence-corrected chi connectivity index (χ1v) is 11.2. The van der Waals surface area contributed by atoms with Gasteiger partial charge in [0.15, 0.2) is 0 Å². The number of ketones is 1. The van der Waals surface area contributed by atoms with Crippen LogP contribution in [-0.2, 0) is 9.59 Å². The number of aliphatic hydroxyl groups is 1. The summed E-state index contributed by atoms with van der Waals surface area (Å²) in [7, 11) is 3.87. The number of aliphatic hydroxyl groups excluding tert-OH is 1. The van der Waals surface area contributed by atoms with Gasteiger partial charge >= 0.3 is 0 Å². The number of carbonyl (C=O) groups excluding carboxylic acids is 2. The minimum Gasteiger partial charge on any atom is -0.507 e. The molecule has 0 radical (unpaired) electrons. The molecule has 1 aliphatic rings. The average molecular weight is 457 g/mol. The fourth-order valence-corrected chi connectivity index (χ4v) is 4.25. The van der Waals surface area contributed by atoms with Crippen molar-refractivity contribution in [2.45, 2.75) is 19.9 Å². The Kier molecular flexibility index (Phi) is 6.41. The Labute approximate surface area is 199 Å². The van der Waals surface area contributed by atoms with Crippen molar-refractivity contribution in [2.24, 2.45) is 0 Å². The molecule has 3 aromatic carbocycles. The molecule has 0 saturated carbocycles. The largest absolute Gasteiger partial charge is 0.507 e. The number of benzene rings is 3. The van der Waals surface area contributed by atoms with E-state index in [-0.39, 0.29) is 11.3 Å². The van der Waals surface area contributed by atoms with Gasteiger partial charge in [-0.2, -0.15) is 0 Å². The molecule has 4 rings (SSSR count). The zero-order chi connectivity index (χ0) is 24.4. The summed E-state index contributed by atoms with van der Waals surface area (Å²) in [6.45, 7) is 4.28.